The van der Waals surface area contributed by atoms with E-state index in [1.807, 2.05) is 14.1 Å². The predicted octanol–water partition coefficient (Wildman–Crippen LogP) is 1.93. The number of likely N-dealkylation sites (N-methyl/N-ethyl adjacent to an activating group) is 1. The SMILES string of the molecule is CC(CNC1NC(NC2CCC(Cl)C(Cl)C2)NC(C(Cl)(Cl)Cl)N1)N(C)C. The molecular formula is C15H29Cl5N6. The summed E-state index contributed by atoms with van der Waals surface area (Å²) in [6.07, 6.45) is 1.68. The van der Waals surface area contributed by atoms with Crippen molar-refractivity contribution in [1.29, 1.82) is 0 Å². The summed E-state index contributed by atoms with van der Waals surface area (Å²) in [5.74, 6) is 0. The summed E-state index contributed by atoms with van der Waals surface area (Å²) in [5, 5.41) is 16.8. The summed E-state index contributed by atoms with van der Waals surface area (Å²) in [7, 11) is 4.08. The zero-order valence-electron chi connectivity index (χ0n) is 15.2. The quantitative estimate of drug-likeness (QED) is 0.383. The van der Waals surface area contributed by atoms with Crippen molar-refractivity contribution in [2.24, 2.45) is 0 Å². The predicted molar refractivity (Wildman–Crippen MR) is 112 cm³/mol. The molecule has 1 aliphatic heterocycles. The van der Waals surface area contributed by atoms with E-state index in [9.17, 15) is 0 Å². The number of rotatable bonds is 6. The van der Waals surface area contributed by atoms with Crippen LogP contribution in [0.3, 0.4) is 0 Å². The summed E-state index contributed by atoms with van der Waals surface area (Å²) >= 11 is 30.9. The molecule has 11 heteroatoms. The highest BCUT2D eigenvalue weighted by Gasteiger charge is 2.40. The lowest BCUT2D eigenvalue weighted by atomic mass is 9.94. The number of nitrogens with zero attached hydrogens (tertiary/aromatic N) is 1. The average Bonchev–Trinajstić information content (AvgIpc) is 2.55. The van der Waals surface area contributed by atoms with E-state index < -0.39 is 9.96 Å². The molecule has 0 spiro atoms. The highest BCUT2D eigenvalue weighted by atomic mass is 35.6. The number of halogens is 5. The highest BCUT2D eigenvalue weighted by molar-refractivity contribution is 6.68. The molecule has 2 fully saturated rings. The Balaban J connectivity index is 1.94. The lowest BCUT2D eigenvalue weighted by molar-refractivity contribution is 0.132. The van der Waals surface area contributed by atoms with Crippen molar-refractivity contribution in [3.63, 3.8) is 0 Å². The summed E-state index contributed by atoms with van der Waals surface area (Å²) in [4.78, 5) is 2.14. The van der Waals surface area contributed by atoms with Crippen LogP contribution in [0.15, 0.2) is 0 Å². The van der Waals surface area contributed by atoms with E-state index >= 15 is 0 Å². The molecule has 154 valence electrons. The molecule has 0 aromatic heterocycles. The molecule has 5 N–H and O–H groups in total. The molecule has 0 aromatic carbocycles. The average molecular weight is 471 g/mol. The van der Waals surface area contributed by atoms with Gasteiger partial charge < -0.3 is 4.90 Å². The molecule has 2 rings (SSSR count). The van der Waals surface area contributed by atoms with Gasteiger partial charge in [-0.2, -0.15) is 0 Å². The molecule has 7 atom stereocenters. The van der Waals surface area contributed by atoms with Crippen LogP contribution in [-0.4, -0.2) is 70.9 Å². The number of alkyl halides is 5. The van der Waals surface area contributed by atoms with Crippen LogP contribution in [0.25, 0.3) is 0 Å². The summed E-state index contributed by atoms with van der Waals surface area (Å²) in [5.41, 5.74) is 0. The van der Waals surface area contributed by atoms with Crippen molar-refractivity contribution in [3.8, 4) is 0 Å². The largest absolute Gasteiger partial charge is 0.305 e. The van der Waals surface area contributed by atoms with E-state index in [0.717, 1.165) is 25.8 Å². The maximum absolute atomic E-state index is 6.32. The van der Waals surface area contributed by atoms with Crippen molar-refractivity contribution in [2.75, 3.05) is 20.6 Å². The fourth-order valence-corrected chi connectivity index (χ4v) is 3.93. The van der Waals surface area contributed by atoms with Crippen molar-refractivity contribution >= 4 is 58.0 Å². The van der Waals surface area contributed by atoms with Gasteiger partial charge in [0, 0.05) is 18.6 Å². The van der Waals surface area contributed by atoms with E-state index in [0.29, 0.717) is 6.04 Å². The maximum Gasteiger partial charge on any atom is 0.218 e. The normalized spacial score (nSPS) is 37.7. The molecule has 0 radical (unpaired) electrons. The van der Waals surface area contributed by atoms with Crippen LogP contribution in [0, 0.1) is 0 Å². The van der Waals surface area contributed by atoms with Crippen LogP contribution in [0.2, 0.25) is 0 Å². The van der Waals surface area contributed by atoms with Gasteiger partial charge >= 0.3 is 0 Å². The summed E-state index contributed by atoms with van der Waals surface area (Å²) in [6, 6.07) is 0.607. The van der Waals surface area contributed by atoms with Crippen LogP contribution in [0.1, 0.15) is 26.2 Å². The van der Waals surface area contributed by atoms with Crippen LogP contribution in [0.5, 0.6) is 0 Å². The molecule has 26 heavy (non-hydrogen) atoms. The van der Waals surface area contributed by atoms with E-state index in [1.54, 1.807) is 0 Å². The smallest absolute Gasteiger partial charge is 0.218 e. The van der Waals surface area contributed by atoms with Crippen molar-refractivity contribution < 1.29 is 0 Å². The summed E-state index contributed by atoms with van der Waals surface area (Å²) < 4.78 is -1.49. The second kappa shape index (κ2) is 10.3. The van der Waals surface area contributed by atoms with Crippen molar-refractivity contribution in [1.82, 2.24) is 31.5 Å². The molecule has 1 saturated heterocycles. The van der Waals surface area contributed by atoms with Gasteiger partial charge in [-0.1, -0.05) is 34.8 Å². The van der Waals surface area contributed by atoms with E-state index in [-0.39, 0.29) is 29.4 Å². The minimum atomic E-state index is -1.49. The monoisotopic (exact) mass is 468 g/mol. The van der Waals surface area contributed by atoms with Gasteiger partial charge in [-0.15, -0.1) is 23.2 Å². The zero-order valence-corrected chi connectivity index (χ0v) is 19.0. The minimum Gasteiger partial charge on any atom is -0.305 e. The maximum atomic E-state index is 6.32. The van der Waals surface area contributed by atoms with Gasteiger partial charge in [-0.25, -0.2) is 0 Å². The fraction of sp³-hybridized carbons (Fsp3) is 1.00. The third kappa shape index (κ3) is 7.23. The van der Waals surface area contributed by atoms with E-state index in [2.05, 4.69) is 38.4 Å². The van der Waals surface area contributed by atoms with Crippen LogP contribution in [-0.2, 0) is 0 Å². The number of nitrogens with one attached hydrogen (secondary N) is 5. The molecule has 1 saturated carbocycles. The molecule has 6 nitrogen and oxygen atoms in total. The van der Waals surface area contributed by atoms with Crippen LogP contribution in [0.4, 0.5) is 0 Å². The van der Waals surface area contributed by atoms with Crippen LogP contribution < -0.4 is 26.6 Å². The second-order valence-corrected chi connectivity index (χ2v) is 10.8. The molecule has 1 heterocycles. The van der Waals surface area contributed by atoms with Gasteiger partial charge in [0.05, 0.1) is 10.8 Å². The van der Waals surface area contributed by atoms with Gasteiger partial charge in [0.1, 0.15) is 18.7 Å². The molecule has 0 bridgehead atoms. The number of hydrogen-bond acceptors (Lipinski definition) is 6. The Morgan fingerprint density at radius 3 is 2.27 bits per heavy atom. The molecule has 2 aliphatic rings. The Bertz CT molecular complexity index is 437. The Kier molecular flexibility index (Phi) is 9.31. The highest BCUT2D eigenvalue weighted by Crippen LogP contribution is 2.31. The lowest BCUT2D eigenvalue weighted by Gasteiger charge is -2.44. The number of hydrogen-bond donors (Lipinski definition) is 5. The molecule has 1 aliphatic carbocycles. The summed E-state index contributed by atoms with van der Waals surface area (Å²) in [6.45, 7) is 2.92. The minimum absolute atomic E-state index is 0.0273. The Morgan fingerprint density at radius 1 is 1.04 bits per heavy atom. The lowest BCUT2D eigenvalue weighted by Crippen LogP contribution is -2.77. The van der Waals surface area contributed by atoms with Crippen molar-refractivity contribution in [3.05, 3.63) is 0 Å². The Hall–Kier alpha value is 1.21. The first-order valence-electron chi connectivity index (χ1n) is 8.85. The topological polar surface area (TPSA) is 63.4 Å². The van der Waals surface area contributed by atoms with Gasteiger partial charge in [-0.3, -0.25) is 26.6 Å². The fourth-order valence-electron chi connectivity index (χ4n) is 2.98. The third-order valence-corrected chi connectivity index (χ3v) is 6.71. The molecule has 0 aromatic rings. The van der Waals surface area contributed by atoms with Gasteiger partial charge in [0.15, 0.2) is 0 Å². The zero-order chi connectivity index (χ0) is 19.5. The van der Waals surface area contributed by atoms with E-state index in [1.165, 1.54) is 0 Å². The molecule has 0 amide bonds. The van der Waals surface area contributed by atoms with Crippen molar-refractivity contribution in [2.45, 2.75) is 71.6 Å². The first-order valence-corrected chi connectivity index (χ1v) is 10.9. The van der Waals surface area contributed by atoms with Gasteiger partial charge in [0.25, 0.3) is 0 Å². The molecular weight excluding hydrogens is 441 g/mol. The standard InChI is InChI=1S/C15H29Cl5N6/c1-8(26(2)3)7-21-13-23-12(15(18,19)20)24-14(25-13)22-9-4-5-10(16)11(17)6-9/h8-14,21-25H,4-7H2,1-3H3. The third-order valence-electron chi connectivity index (χ3n) is 4.92. The Morgan fingerprint density at radius 2 is 1.69 bits per heavy atom. The first-order chi connectivity index (χ1) is 12.1. The molecule has 7 unspecified atom stereocenters. The van der Waals surface area contributed by atoms with Gasteiger partial charge in [0.2, 0.25) is 3.79 Å². The Labute approximate surface area is 181 Å². The van der Waals surface area contributed by atoms with Gasteiger partial charge in [-0.05, 0) is 40.3 Å². The van der Waals surface area contributed by atoms with E-state index in [4.69, 9.17) is 58.0 Å². The second-order valence-electron chi connectivity index (χ2n) is 7.27. The van der Waals surface area contributed by atoms with Crippen LogP contribution >= 0.6 is 58.0 Å². The first kappa shape index (κ1) is 23.5.